The molecule has 0 atom stereocenters. The van der Waals surface area contributed by atoms with Crippen molar-refractivity contribution < 1.29 is 14.3 Å². The predicted molar refractivity (Wildman–Crippen MR) is 139 cm³/mol. The fourth-order valence-corrected chi connectivity index (χ4v) is 3.57. The number of benzene rings is 2. The fraction of sp³-hybridized carbons (Fsp3) is 0.250. The van der Waals surface area contributed by atoms with Gasteiger partial charge < -0.3 is 14.8 Å². The number of nitrogens with one attached hydrogen (secondary N) is 1. The third-order valence-electron chi connectivity index (χ3n) is 5.57. The van der Waals surface area contributed by atoms with Gasteiger partial charge in [-0.15, -0.1) is 0 Å². The van der Waals surface area contributed by atoms with Gasteiger partial charge in [-0.25, -0.2) is 19.9 Å². The highest BCUT2D eigenvalue weighted by Gasteiger charge is 2.20. The normalized spacial score (nSPS) is 11.1. The largest absolute Gasteiger partial charge is 0.496 e. The van der Waals surface area contributed by atoms with E-state index in [-0.39, 0.29) is 11.3 Å². The summed E-state index contributed by atoms with van der Waals surface area (Å²) in [5.74, 6) is 2.27. The van der Waals surface area contributed by atoms with Crippen LogP contribution in [0.2, 0.25) is 0 Å². The van der Waals surface area contributed by atoms with E-state index in [1.54, 1.807) is 43.6 Å². The maximum atomic E-state index is 13.2. The van der Waals surface area contributed by atoms with Gasteiger partial charge in [-0.2, -0.15) is 0 Å². The van der Waals surface area contributed by atoms with E-state index in [9.17, 15) is 4.79 Å². The van der Waals surface area contributed by atoms with E-state index in [1.165, 1.54) is 6.33 Å². The molecule has 8 heteroatoms. The number of carbonyl (C=O) groups is 1. The molecule has 1 N–H and O–H groups in total. The lowest BCUT2D eigenvalue weighted by molar-refractivity contribution is 0.102. The summed E-state index contributed by atoms with van der Waals surface area (Å²) in [6.07, 6.45) is 3.81. The summed E-state index contributed by atoms with van der Waals surface area (Å²) in [5, 5.41) is 2.95. The number of ether oxygens (including phenoxy) is 2. The maximum absolute atomic E-state index is 13.2. The minimum Gasteiger partial charge on any atom is -0.496 e. The number of nitrogens with zero attached hydrogens (tertiary/aromatic N) is 4. The Morgan fingerprint density at radius 1 is 1.00 bits per heavy atom. The van der Waals surface area contributed by atoms with Crippen LogP contribution in [-0.2, 0) is 11.8 Å². The van der Waals surface area contributed by atoms with Gasteiger partial charge in [-0.3, -0.25) is 4.79 Å². The highest BCUT2D eigenvalue weighted by Crippen LogP contribution is 2.31. The second-order valence-corrected chi connectivity index (χ2v) is 9.18. The molecule has 0 aliphatic heterocycles. The fourth-order valence-electron chi connectivity index (χ4n) is 3.57. The molecule has 8 nitrogen and oxygen atoms in total. The lowest BCUT2D eigenvalue weighted by Crippen LogP contribution is -2.17. The Kier molecular flexibility index (Phi) is 7.24. The van der Waals surface area contributed by atoms with Crippen molar-refractivity contribution in [1.82, 2.24) is 19.9 Å². The Labute approximate surface area is 210 Å². The van der Waals surface area contributed by atoms with Crippen molar-refractivity contribution in [1.29, 1.82) is 0 Å². The lowest BCUT2D eigenvalue weighted by atomic mass is 9.86. The lowest BCUT2D eigenvalue weighted by Gasteiger charge is -2.21. The topological polar surface area (TPSA) is 99.1 Å². The number of carbonyl (C=O) groups excluding carboxylic acids is 1. The van der Waals surface area contributed by atoms with Crippen molar-refractivity contribution in [2.45, 2.75) is 39.5 Å². The zero-order valence-electron chi connectivity index (χ0n) is 21.1. The van der Waals surface area contributed by atoms with Crippen LogP contribution in [0.4, 0.5) is 5.69 Å². The quantitative estimate of drug-likeness (QED) is 0.352. The second-order valence-electron chi connectivity index (χ2n) is 9.18. The van der Waals surface area contributed by atoms with Crippen molar-refractivity contribution in [2.24, 2.45) is 0 Å². The molecule has 0 aliphatic carbocycles. The van der Waals surface area contributed by atoms with E-state index in [4.69, 9.17) is 9.47 Å². The number of amides is 1. The molecule has 36 heavy (non-hydrogen) atoms. The molecule has 0 saturated heterocycles. The molecule has 184 valence electrons. The predicted octanol–water partition coefficient (Wildman–Crippen LogP) is 5.85. The molecule has 2 heterocycles. The Morgan fingerprint density at radius 2 is 1.83 bits per heavy atom. The third-order valence-corrected chi connectivity index (χ3v) is 5.57. The van der Waals surface area contributed by atoms with Crippen LogP contribution in [0.1, 0.15) is 49.4 Å². The first kappa shape index (κ1) is 24.8. The minimum absolute atomic E-state index is 0.105. The Balaban J connectivity index is 1.58. The monoisotopic (exact) mass is 483 g/mol. The van der Waals surface area contributed by atoms with Crippen molar-refractivity contribution in [2.75, 3.05) is 12.4 Å². The van der Waals surface area contributed by atoms with Gasteiger partial charge in [0.25, 0.3) is 5.91 Å². The summed E-state index contributed by atoms with van der Waals surface area (Å²) in [6.45, 7) is 8.28. The van der Waals surface area contributed by atoms with Gasteiger partial charge >= 0.3 is 0 Å². The van der Waals surface area contributed by atoms with E-state index in [0.717, 1.165) is 5.56 Å². The molecule has 4 aromatic rings. The van der Waals surface area contributed by atoms with Gasteiger partial charge in [0.15, 0.2) is 5.82 Å². The standard InChI is InChI=1S/C28H29N5O3/c1-6-24-30-17-31-25(33-24)21-11-8-14-29-27(21)36-20-10-7-9-19(16-20)32-26(34)22-15-18(28(2,3)4)12-13-23(22)35-5/h7-17H,6H2,1-5H3,(H,32,34). The molecular weight excluding hydrogens is 454 g/mol. The molecule has 1 amide bonds. The van der Waals surface area contributed by atoms with Crippen LogP contribution in [0.5, 0.6) is 17.4 Å². The molecule has 0 fully saturated rings. The highest BCUT2D eigenvalue weighted by atomic mass is 16.5. The molecular formula is C28H29N5O3. The van der Waals surface area contributed by atoms with Crippen LogP contribution in [-0.4, -0.2) is 33.0 Å². The summed E-state index contributed by atoms with van der Waals surface area (Å²) in [4.78, 5) is 30.5. The molecule has 0 radical (unpaired) electrons. The second kappa shape index (κ2) is 10.5. The SMILES string of the molecule is CCc1ncnc(-c2cccnc2Oc2cccc(NC(=O)c3cc(C(C)(C)C)ccc3OC)c2)n1. The smallest absolute Gasteiger partial charge is 0.259 e. The molecule has 4 rings (SSSR count). The van der Waals surface area contributed by atoms with E-state index >= 15 is 0 Å². The van der Waals surface area contributed by atoms with Crippen LogP contribution in [0, 0.1) is 0 Å². The molecule has 0 unspecified atom stereocenters. The zero-order chi connectivity index (χ0) is 25.7. The average Bonchev–Trinajstić information content (AvgIpc) is 2.88. The maximum Gasteiger partial charge on any atom is 0.259 e. The van der Waals surface area contributed by atoms with Crippen molar-refractivity contribution in [3.05, 3.63) is 84.1 Å². The van der Waals surface area contributed by atoms with E-state index in [2.05, 4.69) is 46.0 Å². The van der Waals surface area contributed by atoms with Gasteiger partial charge in [0.1, 0.15) is 23.7 Å². The van der Waals surface area contributed by atoms with Crippen molar-refractivity contribution in [3.8, 4) is 28.8 Å². The summed E-state index contributed by atoms with van der Waals surface area (Å²) < 4.78 is 11.5. The van der Waals surface area contributed by atoms with Crippen LogP contribution in [0.25, 0.3) is 11.4 Å². The van der Waals surface area contributed by atoms with Crippen molar-refractivity contribution >= 4 is 11.6 Å². The Hall–Kier alpha value is -4.33. The van der Waals surface area contributed by atoms with Crippen LogP contribution >= 0.6 is 0 Å². The molecule has 0 saturated carbocycles. The zero-order valence-corrected chi connectivity index (χ0v) is 21.1. The number of anilines is 1. The Morgan fingerprint density at radius 3 is 2.58 bits per heavy atom. The van der Waals surface area contributed by atoms with Gasteiger partial charge in [-0.1, -0.05) is 39.8 Å². The first-order valence-corrected chi connectivity index (χ1v) is 11.7. The van der Waals surface area contributed by atoms with E-state index in [0.29, 0.717) is 52.3 Å². The summed E-state index contributed by atoms with van der Waals surface area (Å²) >= 11 is 0. The highest BCUT2D eigenvalue weighted by molar-refractivity contribution is 6.06. The average molecular weight is 484 g/mol. The molecule has 2 aromatic heterocycles. The number of hydrogen-bond donors (Lipinski definition) is 1. The molecule has 0 aliphatic rings. The first-order valence-electron chi connectivity index (χ1n) is 11.7. The summed E-state index contributed by atoms with van der Waals surface area (Å²) in [5.41, 5.74) is 2.62. The van der Waals surface area contributed by atoms with Crippen LogP contribution < -0.4 is 14.8 Å². The number of rotatable bonds is 7. The van der Waals surface area contributed by atoms with Gasteiger partial charge in [0.05, 0.1) is 18.2 Å². The van der Waals surface area contributed by atoms with Crippen molar-refractivity contribution in [3.63, 3.8) is 0 Å². The number of methoxy groups -OCH3 is 1. The summed E-state index contributed by atoms with van der Waals surface area (Å²) in [7, 11) is 1.55. The van der Waals surface area contributed by atoms with Crippen LogP contribution in [0.15, 0.2) is 67.1 Å². The number of hydrogen-bond acceptors (Lipinski definition) is 7. The first-order chi connectivity index (χ1) is 17.3. The molecule has 0 spiro atoms. The number of pyridine rings is 1. The van der Waals surface area contributed by atoms with Gasteiger partial charge in [-0.05, 0) is 47.4 Å². The van der Waals surface area contributed by atoms with Gasteiger partial charge in [0.2, 0.25) is 5.88 Å². The van der Waals surface area contributed by atoms with E-state index < -0.39 is 0 Å². The Bertz CT molecular complexity index is 1380. The van der Waals surface area contributed by atoms with E-state index in [1.807, 2.05) is 31.2 Å². The number of aryl methyl sites for hydroxylation is 1. The third kappa shape index (κ3) is 5.66. The summed E-state index contributed by atoms with van der Waals surface area (Å²) in [6, 6.07) is 16.4. The number of aromatic nitrogens is 4. The minimum atomic E-state index is -0.272. The molecule has 2 aromatic carbocycles. The van der Waals surface area contributed by atoms with Crippen LogP contribution in [0.3, 0.4) is 0 Å². The van der Waals surface area contributed by atoms with Gasteiger partial charge in [0, 0.05) is 24.4 Å². The molecule has 0 bridgehead atoms.